The van der Waals surface area contributed by atoms with Crippen LogP contribution in [0.15, 0.2) is 22.7 Å². The van der Waals surface area contributed by atoms with Gasteiger partial charge < -0.3 is 20.8 Å². The van der Waals surface area contributed by atoms with Gasteiger partial charge in [0, 0.05) is 28.8 Å². The van der Waals surface area contributed by atoms with E-state index in [2.05, 4.69) is 15.9 Å². The van der Waals surface area contributed by atoms with Gasteiger partial charge in [0.05, 0.1) is 12.2 Å². The van der Waals surface area contributed by atoms with Crippen molar-refractivity contribution in [1.29, 1.82) is 5.41 Å². The van der Waals surface area contributed by atoms with Gasteiger partial charge in [0.25, 0.3) is 0 Å². The Labute approximate surface area is 107 Å². The number of nitrogens with one attached hydrogen (secondary N) is 1. The fourth-order valence-electron chi connectivity index (χ4n) is 1.96. The number of nitrogen functional groups attached to an aromatic ring is 1. The summed E-state index contributed by atoms with van der Waals surface area (Å²) in [6.07, 6.45) is -1.51. The zero-order chi connectivity index (χ0) is 12.6. The number of benzene rings is 1. The fourth-order valence-corrected chi connectivity index (χ4v) is 2.31. The molecule has 0 saturated carbocycles. The van der Waals surface area contributed by atoms with Gasteiger partial charge in [-0.3, -0.25) is 5.41 Å². The van der Waals surface area contributed by atoms with Crippen molar-refractivity contribution in [3.63, 3.8) is 0 Å². The van der Waals surface area contributed by atoms with Crippen LogP contribution < -0.4 is 10.6 Å². The van der Waals surface area contributed by atoms with Crippen molar-refractivity contribution in [3.8, 4) is 0 Å². The first-order valence-corrected chi connectivity index (χ1v) is 6.03. The van der Waals surface area contributed by atoms with Gasteiger partial charge in [0.2, 0.25) is 0 Å². The quantitative estimate of drug-likeness (QED) is 0.466. The van der Waals surface area contributed by atoms with E-state index in [1.807, 2.05) is 17.0 Å². The van der Waals surface area contributed by atoms with Crippen LogP contribution in [0.4, 0.5) is 5.69 Å². The second-order valence-corrected chi connectivity index (χ2v) is 5.03. The molecule has 1 aliphatic rings. The average Bonchev–Trinajstić information content (AvgIpc) is 2.58. The number of rotatable bonds is 2. The molecule has 1 aromatic rings. The van der Waals surface area contributed by atoms with Gasteiger partial charge in [-0.05, 0) is 18.2 Å². The summed E-state index contributed by atoms with van der Waals surface area (Å²) in [5.41, 5.74) is 6.88. The summed E-state index contributed by atoms with van der Waals surface area (Å²) >= 11 is 3.36. The molecule has 17 heavy (non-hydrogen) atoms. The van der Waals surface area contributed by atoms with E-state index in [4.69, 9.17) is 11.1 Å². The highest BCUT2D eigenvalue weighted by atomic mass is 79.9. The van der Waals surface area contributed by atoms with Crippen LogP contribution in [0, 0.1) is 5.41 Å². The lowest BCUT2D eigenvalue weighted by Crippen LogP contribution is -2.25. The molecule has 0 spiro atoms. The molecule has 0 bridgehead atoms. The highest BCUT2D eigenvalue weighted by Crippen LogP contribution is 2.28. The topological polar surface area (TPSA) is 93.6 Å². The maximum absolute atomic E-state index is 9.54. The van der Waals surface area contributed by atoms with Gasteiger partial charge in [-0.25, -0.2) is 0 Å². The molecule has 6 heteroatoms. The Morgan fingerprint density at radius 3 is 2.47 bits per heavy atom. The number of nitrogens with zero attached hydrogens (tertiary/aromatic N) is 1. The SMILES string of the molecule is N=C(N)c1ccc(Br)cc1N1CC(O)C(O)C1. The number of aliphatic hydroxyl groups excluding tert-OH is 2. The molecule has 1 heterocycles. The molecule has 0 aliphatic carbocycles. The summed E-state index contributed by atoms with van der Waals surface area (Å²) in [6.45, 7) is 0.690. The zero-order valence-corrected chi connectivity index (χ0v) is 10.7. The maximum Gasteiger partial charge on any atom is 0.124 e. The third-order valence-corrected chi connectivity index (χ3v) is 3.34. The number of hydrogen-bond donors (Lipinski definition) is 4. The summed E-state index contributed by atoms with van der Waals surface area (Å²) in [4.78, 5) is 1.83. The Morgan fingerprint density at radius 2 is 1.94 bits per heavy atom. The van der Waals surface area contributed by atoms with Crippen LogP contribution in [0.25, 0.3) is 0 Å². The maximum atomic E-state index is 9.54. The van der Waals surface area contributed by atoms with E-state index < -0.39 is 12.2 Å². The van der Waals surface area contributed by atoms with Gasteiger partial charge >= 0.3 is 0 Å². The van der Waals surface area contributed by atoms with E-state index >= 15 is 0 Å². The van der Waals surface area contributed by atoms with E-state index in [9.17, 15) is 10.2 Å². The molecule has 1 aromatic carbocycles. The van der Waals surface area contributed by atoms with Crippen molar-refractivity contribution in [1.82, 2.24) is 0 Å². The number of β-amino-alcohol motifs (C(OH)–C–C–N with tert-alkyl or cyclic N) is 2. The van der Waals surface area contributed by atoms with Crippen LogP contribution in [0.5, 0.6) is 0 Å². The minimum Gasteiger partial charge on any atom is -0.389 e. The van der Waals surface area contributed by atoms with E-state index in [1.165, 1.54) is 0 Å². The smallest absolute Gasteiger partial charge is 0.124 e. The lowest BCUT2D eigenvalue weighted by Gasteiger charge is -2.21. The third kappa shape index (κ3) is 2.43. The summed E-state index contributed by atoms with van der Waals surface area (Å²) in [7, 11) is 0. The number of aliphatic hydroxyl groups is 2. The van der Waals surface area contributed by atoms with Crippen LogP contribution >= 0.6 is 15.9 Å². The van der Waals surface area contributed by atoms with Crippen LogP contribution in [0.1, 0.15) is 5.56 Å². The Kier molecular flexibility index (Phi) is 3.37. The van der Waals surface area contributed by atoms with Crippen LogP contribution in [-0.4, -0.2) is 41.3 Å². The lowest BCUT2D eigenvalue weighted by atomic mass is 10.1. The number of halogens is 1. The van der Waals surface area contributed by atoms with Gasteiger partial charge in [0.15, 0.2) is 0 Å². The number of nitrogens with two attached hydrogens (primary N) is 1. The number of anilines is 1. The molecule has 0 amide bonds. The number of amidine groups is 1. The highest BCUT2D eigenvalue weighted by molar-refractivity contribution is 9.10. The zero-order valence-electron chi connectivity index (χ0n) is 9.10. The molecule has 0 aromatic heterocycles. The monoisotopic (exact) mass is 299 g/mol. The van der Waals surface area contributed by atoms with Gasteiger partial charge in [0.1, 0.15) is 5.84 Å². The fraction of sp³-hybridized carbons (Fsp3) is 0.364. The molecule has 1 fully saturated rings. The second-order valence-electron chi connectivity index (χ2n) is 4.11. The molecule has 92 valence electrons. The van der Waals surface area contributed by atoms with Crippen molar-refractivity contribution in [3.05, 3.63) is 28.2 Å². The number of hydrogen-bond acceptors (Lipinski definition) is 4. The predicted octanol–water partition coefficient (Wildman–Crippen LogP) is 0.275. The summed E-state index contributed by atoms with van der Waals surface area (Å²) in [5, 5.41) is 26.6. The molecular weight excluding hydrogens is 286 g/mol. The van der Waals surface area contributed by atoms with E-state index in [0.29, 0.717) is 18.7 Å². The molecule has 2 rings (SSSR count). The van der Waals surface area contributed by atoms with Gasteiger partial charge in [-0.1, -0.05) is 15.9 Å². The molecule has 1 aliphatic heterocycles. The Hall–Kier alpha value is -1.11. The minimum absolute atomic E-state index is 0.0246. The van der Waals surface area contributed by atoms with Crippen LogP contribution in [0.3, 0.4) is 0 Å². The standard InChI is InChI=1S/C11H14BrN3O2/c12-6-1-2-7(11(13)14)8(3-6)15-4-9(16)10(17)5-15/h1-3,9-10,16-17H,4-5H2,(H3,13,14). The van der Waals surface area contributed by atoms with Gasteiger partial charge in [-0.15, -0.1) is 0 Å². The van der Waals surface area contributed by atoms with Gasteiger partial charge in [-0.2, -0.15) is 0 Å². The van der Waals surface area contributed by atoms with Crippen molar-refractivity contribution < 1.29 is 10.2 Å². The van der Waals surface area contributed by atoms with E-state index in [0.717, 1.165) is 10.2 Å². The van der Waals surface area contributed by atoms with E-state index in [-0.39, 0.29) is 5.84 Å². The van der Waals surface area contributed by atoms with E-state index in [1.54, 1.807) is 6.07 Å². The first kappa shape index (κ1) is 12.3. The highest BCUT2D eigenvalue weighted by Gasteiger charge is 2.31. The molecule has 2 atom stereocenters. The molecule has 5 nitrogen and oxygen atoms in total. The second kappa shape index (κ2) is 4.64. The Morgan fingerprint density at radius 1 is 1.35 bits per heavy atom. The Balaban J connectivity index is 2.37. The van der Waals surface area contributed by atoms with Crippen molar-refractivity contribution in [2.24, 2.45) is 5.73 Å². The van der Waals surface area contributed by atoms with Crippen LogP contribution in [0.2, 0.25) is 0 Å². The molecule has 5 N–H and O–H groups in total. The largest absolute Gasteiger partial charge is 0.389 e. The first-order valence-electron chi connectivity index (χ1n) is 5.24. The van der Waals surface area contributed by atoms with Crippen LogP contribution in [-0.2, 0) is 0 Å². The van der Waals surface area contributed by atoms with Crippen molar-refractivity contribution in [2.45, 2.75) is 12.2 Å². The summed E-state index contributed by atoms with van der Waals surface area (Å²) in [6, 6.07) is 5.39. The predicted molar refractivity (Wildman–Crippen MR) is 69.4 cm³/mol. The normalized spacial score (nSPS) is 24.1. The molecule has 2 unspecified atom stereocenters. The van der Waals surface area contributed by atoms with Crippen molar-refractivity contribution in [2.75, 3.05) is 18.0 Å². The molecule has 0 radical (unpaired) electrons. The molecule has 1 saturated heterocycles. The first-order chi connectivity index (χ1) is 7.99. The Bertz CT molecular complexity index is 442. The lowest BCUT2D eigenvalue weighted by molar-refractivity contribution is 0.0572. The van der Waals surface area contributed by atoms with Crippen molar-refractivity contribution >= 4 is 27.5 Å². The minimum atomic E-state index is -0.756. The third-order valence-electron chi connectivity index (χ3n) is 2.85. The molecular formula is C11H14BrN3O2. The summed E-state index contributed by atoms with van der Waals surface area (Å²) in [5.74, 6) is -0.0246. The summed E-state index contributed by atoms with van der Waals surface area (Å²) < 4.78 is 0.869. The average molecular weight is 300 g/mol.